The number of hydrogen-bond donors (Lipinski definition) is 1. The normalized spacial score (nSPS) is 19.1. The molecule has 1 fully saturated rings. The third kappa shape index (κ3) is 1.69. The smallest absolute Gasteiger partial charge is 0.0897 e. The Bertz CT molecular complexity index is 342. The van der Waals surface area contributed by atoms with Crippen LogP contribution in [0.2, 0.25) is 0 Å². The maximum absolute atomic E-state index is 10.2. The zero-order valence-corrected chi connectivity index (χ0v) is 9.53. The van der Waals surface area contributed by atoms with E-state index in [1.54, 1.807) is 11.8 Å². The van der Waals surface area contributed by atoms with Crippen LogP contribution in [0.15, 0.2) is 23.1 Å². The molecule has 0 bridgehead atoms. The summed E-state index contributed by atoms with van der Waals surface area (Å²) in [5.41, 5.74) is 1.83. The van der Waals surface area contributed by atoms with Crippen LogP contribution in [0.3, 0.4) is 0 Å². The van der Waals surface area contributed by atoms with Crippen molar-refractivity contribution < 1.29 is 5.11 Å². The van der Waals surface area contributed by atoms with E-state index in [4.69, 9.17) is 0 Å². The van der Waals surface area contributed by atoms with E-state index >= 15 is 0 Å². The van der Waals surface area contributed by atoms with Crippen LogP contribution in [-0.2, 0) is 5.60 Å². The fourth-order valence-corrected chi connectivity index (χ4v) is 2.48. The summed E-state index contributed by atoms with van der Waals surface area (Å²) in [5.74, 6) is 0. The molecular weight excluding hydrogens is 192 g/mol. The molecule has 1 aromatic rings. The molecule has 0 atom stereocenters. The molecule has 1 nitrogen and oxygen atoms in total. The van der Waals surface area contributed by atoms with E-state index in [-0.39, 0.29) is 0 Å². The zero-order chi connectivity index (χ0) is 10.2. The fourth-order valence-electron chi connectivity index (χ4n) is 1.93. The van der Waals surface area contributed by atoms with Crippen LogP contribution < -0.4 is 0 Å². The number of benzene rings is 1. The van der Waals surface area contributed by atoms with Crippen LogP contribution in [0.1, 0.15) is 30.4 Å². The molecule has 1 saturated carbocycles. The first kappa shape index (κ1) is 10.1. The summed E-state index contributed by atoms with van der Waals surface area (Å²) < 4.78 is 0. The molecule has 0 saturated heterocycles. The molecule has 2 rings (SSSR count). The first-order valence-corrected chi connectivity index (χ1v) is 6.25. The summed E-state index contributed by atoms with van der Waals surface area (Å²) in [5, 5.41) is 10.2. The SMILES string of the molecule is CSc1cc(C)cc(C2(O)CCC2)c1. The van der Waals surface area contributed by atoms with Crippen molar-refractivity contribution in [1.29, 1.82) is 0 Å². The van der Waals surface area contributed by atoms with Crippen molar-refractivity contribution in [3.8, 4) is 0 Å². The molecule has 1 aliphatic carbocycles. The molecule has 2 heteroatoms. The lowest BCUT2D eigenvalue weighted by Gasteiger charge is -2.37. The van der Waals surface area contributed by atoms with Crippen LogP contribution in [0, 0.1) is 6.92 Å². The summed E-state index contributed by atoms with van der Waals surface area (Å²) in [6, 6.07) is 6.39. The largest absolute Gasteiger partial charge is 0.385 e. The van der Waals surface area contributed by atoms with Gasteiger partial charge in [0.05, 0.1) is 5.60 Å². The van der Waals surface area contributed by atoms with Gasteiger partial charge in [-0.25, -0.2) is 0 Å². The van der Waals surface area contributed by atoms with E-state index < -0.39 is 5.60 Å². The van der Waals surface area contributed by atoms with Crippen molar-refractivity contribution in [2.45, 2.75) is 36.7 Å². The fraction of sp³-hybridized carbons (Fsp3) is 0.500. The molecule has 76 valence electrons. The average Bonchev–Trinajstić information content (AvgIpc) is 2.13. The Hall–Kier alpha value is -0.470. The van der Waals surface area contributed by atoms with Gasteiger partial charge in [-0.1, -0.05) is 6.07 Å². The molecule has 0 heterocycles. The van der Waals surface area contributed by atoms with Crippen molar-refractivity contribution >= 4 is 11.8 Å². The molecule has 0 radical (unpaired) electrons. The highest BCUT2D eigenvalue weighted by Crippen LogP contribution is 2.42. The summed E-state index contributed by atoms with van der Waals surface area (Å²) in [7, 11) is 0. The zero-order valence-electron chi connectivity index (χ0n) is 8.71. The van der Waals surface area contributed by atoms with E-state index in [1.165, 1.54) is 10.5 Å². The molecule has 14 heavy (non-hydrogen) atoms. The van der Waals surface area contributed by atoms with E-state index in [9.17, 15) is 5.11 Å². The Balaban J connectivity index is 2.37. The molecule has 1 aromatic carbocycles. The van der Waals surface area contributed by atoms with Crippen LogP contribution >= 0.6 is 11.8 Å². The van der Waals surface area contributed by atoms with Gasteiger partial charge in [0.1, 0.15) is 0 Å². The topological polar surface area (TPSA) is 20.2 Å². The van der Waals surface area contributed by atoms with Gasteiger partial charge in [0.2, 0.25) is 0 Å². The molecule has 0 spiro atoms. The highest BCUT2D eigenvalue weighted by Gasteiger charge is 2.36. The Morgan fingerprint density at radius 3 is 2.50 bits per heavy atom. The van der Waals surface area contributed by atoms with E-state index in [0.717, 1.165) is 24.8 Å². The second kappa shape index (κ2) is 3.59. The van der Waals surface area contributed by atoms with Crippen LogP contribution in [0.5, 0.6) is 0 Å². The molecule has 0 amide bonds. The quantitative estimate of drug-likeness (QED) is 0.754. The number of aliphatic hydroxyl groups is 1. The minimum Gasteiger partial charge on any atom is -0.385 e. The molecular formula is C12H16OS. The van der Waals surface area contributed by atoms with Crippen molar-refractivity contribution in [3.05, 3.63) is 29.3 Å². The second-order valence-corrected chi connectivity index (χ2v) is 5.00. The Morgan fingerprint density at radius 2 is 2.00 bits per heavy atom. The van der Waals surface area contributed by atoms with Crippen molar-refractivity contribution in [2.24, 2.45) is 0 Å². The monoisotopic (exact) mass is 208 g/mol. The molecule has 1 N–H and O–H groups in total. The predicted octanol–water partition coefficient (Wildman–Crippen LogP) is 3.09. The maximum Gasteiger partial charge on any atom is 0.0897 e. The van der Waals surface area contributed by atoms with E-state index in [0.29, 0.717) is 0 Å². The van der Waals surface area contributed by atoms with Gasteiger partial charge in [-0.2, -0.15) is 0 Å². The Labute approximate surface area is 89.5 Å². The van der Waals surface area contributed by atoms with Crippen LogP contribution in [-0.4, -0.2) is 11.4 Å². The van der Waals surface area contributed by atoms with Gasteiger partial charge < -0.3 is 5.11 Å². The lowest BCUT2D eigenvalue weighted by atomic mass is 9.75. The number of thioether (sulfide) groups is 1. The summed E-state index contributed by atoms with van der Waals surface area (Å²) >= 11 is 1.74. The first-order valence-electron chi connectivity index (χ1n) is 5.03. The van der Waals surface area contributed by atoms with Crippen LogP contribution in [0.4, 0.5) is 0 Å². The lowest BCUT2D eigenvalue weighted by molar-refractivity contribution is -0.0390. The van der Waals surface area contributed by atoms with Crippen molar-refractivity contribution in [1.82, 2.24) is 0 Å². The molecule has 0 unspecified atom stereocenters. The predicted molar refractivity (Wildman–Crippen MR) is 60.7 cm³/mol. The minimum absolute atomic E-state index is 0.517. The van der Waals surface area contributed by atoms with Crippen molar-refractivity contribution in [3.63, 3.8) is 0 Å². The van der Waals surface area contributed by atoms with E-state index in [1.807, 2.05) is 0 Å². The van der Waals surface area contributed by atoms with Gasteiger partial charge in [0.15, 0.2) is 0 Å². The van der Waals surface area contributed by atoms with Gasteiger partial charge in [-0.05, 0) is 55.7 Å². The number of aryl methyl sites for hydroxylation is 1. The lowest BCUT2D eigenvalue weighted by Crippen LogP contribution is -2.33. The van der Waals surface area contributed by atoms with Gasteiger partial charge >= 0.3 is 0 Å². The third-order valence-electron chi connectivity index (χ3n) is 3.00. The Morgan fingerprint density at radius 1 is 1.29 bits per heavy atom. The molecule has 0 aromatic heterocycles. The summed E-state index contributed by atoms with van der Waals surface area (Å²) in [4.78, 5) is 1.25. The number of hydrogen-bond acceptors (Lipinski definition) is 2. The van der Waals surface area contributed by atoms with Gasteiger partial charge in [0.25, 0.3) is 0 Å². The highest BCUT2D eigenvalue weighted by atomic mass is 32.2. The number of rotatable bonds is 2. The Kier molecular flexibility index (Phi) is 2.58. The minimum atomic E-state index is -0.517. The van der Waals surface area contributed by atoms with Crippen LogP contribution in [0.25, 0.3) is 0 Å². The van der Waals surface area contributed by atoms with Gasteiger partial charge in [-0.15, -0.1) is 11.8 Å². The maximum atomic E-state index is 10.2. The molecule has 1 aliphatic rings. The van der Waals surface area contributed by atoms with Gasteiger partial charge in [-0.3, -0.25) is 0 Å². The first-order chi connectivity index (χ1) is 6.64. The third-order valence-corrected chi connectivity index (χ3v) is 3.71. The average molecular weight is 208 g/mol. The highest BCUT2D eigenvalue weighted by molar-refractivity contribution is 7.98. The van der Waals surface area contributed by atoms with Crippen molar-refractivity contribution in [2.75, 3.05) is 6.26 Å². The van der Waals surface area contributed by atoms with E-state index in [2.05, 4.69) is 31.4 Å². The summed E-state index contributed by atoms with van der Waals surface area (Å²) in [6.07, 6.45) is 5.07. The molecule has 0 aliphatic heterocycles. The van der Waals surface area contributed by atoms with Gasteiger partial charge in [0, 0.05) is 4.90 Å². The summed E-state index contributed by atoms with van der Waals surface area (Å²) in [6.45, 7) is 2.09. The standard InChI is InChI=1S/C12H16OS/c1-9-6-10(8-11(7-9)14-2)12(13)4-3-5-12/h6-8,13H,3-5H2,1-2H3. The second-order valence-electron chi connectivity index (χ2n) is 4.12.